The lowest BCUT2D eigenvalue weighted by atomic mass is 9.62. The van der Waals surface area contributed by atoms with E-state index in [9.17, 15) is 0 Å². The molecule has 0 radical (unpaired) electrons. The van der Waals surface area contributed by atoms with Crippen LogP contribution in [0.25, 0.3) is 0 Å². The molecule has 1 aliphatic rings. The third kappa shape index (κ3) is 1.97. The Morgan fingerprint density at radius 2 is 1.75 bits per heavy atom. The van der Waals surface area contributed by atoms with Crippen LogP contribution in [-0.4, -0.2) is 30.8 Å². The summed E-state index contributed by atoms with van der Waals surface area (Å²) in [4.78, 5) is 4.71. The molecule has 0 saturated heterocycles. The predicted octanol–water partition coefficient (Wildman–Crippen LogP) is 3.04. The fourth-order valence-corrected chi connectivity index (χ4v) is 2.32. The fourth-order valence-electron chi connectivity index (χ4n) is 2.32. The van der Waals surface area contributed by atoms with E-state index in [-0.39, 0.29) is 16.6 Å². The van der Waals surface area contributed by atoms with Gasteiger partial charge in [-0.1, -0.05) is 13.8 Å². The number of methoxy groups -OCH3 is 1. The van der Waals surface area contributed by atoms with Crippen molar-refractivity contribution >= 4 is 5.90 Å². The second-order valence-electron chi connectivity index (χ2n) is 5.88. The van der Waals surface area contributed by atoms with Gasteiger partial charge < -0.3 is 9.47 Å². The van der Waals surface area contributed by atoms with Gasteiger partial charge >= 0.3 is 0 Å². The Hall–Kier alpha value is -0.570. The highest BCUT2D eigenvalue weighted by Gasteiger charge is 2.54. The average molecular weight is 227 g/mol. The zero-order chi connectivity index (χ0) is 12.6. The number of ether oxygens (including phenoxy) is 2. The van der Waals surface area contributed by atoms with Gasteiger partial charge in [-0.2, -0.15) is 0 Å². The van der Waals surface area contributed by atoms with Gasteiger partial charge in [-0.25, -0.2) is 4.99 Å². The molecule has 1 heterocycles. The molecule has 0 aliphatic carbocycles. The summed E-state index contributed by atoms with van der Waals surface area (Å²) in [5.41, 5.74) is -0.367. The zero-order valence-electron chi connectivity index (χ0n) is 11.7. The fraction of sp³-hybridized carbons (Fsp3) is 0.923. The smallest absolute Gasteiger partial charge is 0.181 e. The molecule has 0 aromatic carbocycles. The van der Waals surface area contributed by atoms with Gasteiger partial charge in [0.25, 0.3) is 0 Å². The summed E-state index contributed by atoms with van der Waals surface area (Å²) >= 11 is 0. The van der Waals surface area contributed by atoms with Crippen molar-refractivity contribution in [3.05, 3.63) is 0 Å². The summed E-state index contributed by atoms with van der Waals surface area (Å²) in [6, 6.07) is 0. The summed E-state index contributed by atoms with van der Waals surface area (Å²) in [6.07, 6.45) is 0.917. The number of hydrogen-bond donors (Lipinski definition) is 0. The van der Waals surface area contributed by atoms with Crippen LogP contribution in [0.1, 0.15) is 48.0 Å². The quantitative estimate of drug-likeness (QED) is 0.742. The van der Waals surface area contributed by atoms with Crippen LogP contribution in [0.15, 0.2) is 4.99 Å². The van der Waals surface area contributed by atoms with Gasteiger partial charge in [-0.15, -0.1) is 0 Å². The SMILES string of the molecule is COCCC1(C)N=C(C)OC(C)(C)C1(C)C. The van der Waals surface area contributed by atoms with Gasteiger partial charge in [0.05, 0.1) is 5.54 Å². The van der Waals surface area contributed by atoms with Crippen molar-refractivity contribution in [1.82, 2.24) is 0 Å². The molecule has 0 amide bonds. The van der Waals surface area contributed by atoms with Gasteiger partial charge in [0, 0.05) is 26.1 Å². The highest BCUT2D eigenvalue weighted by Crippen LogP contribution is 2.49. The van der Waals surface area contributed by atoms with Crippen molar-refractivity contribution in [1.29, 1.82) is 0 Å². The number of nitrogens with zero attached hydrogens (tertiary/aromatic N) is 1. The Bertz CT molecular complexity index is 294. The van der Waals surface area contributed by atoms with E-state index < -0.39 is 0 Å². The Labute approximate surface area is 99.2 Å². The maximum atomic E-state index is 5.87. The molecule has 3 heteroatoms. The van der Waals surface area contributed by atoms with E-state index in [1.165, 1.54) is 0 Å². The lowest BCUT2D eigenvalue weighted by Gasteiger charge is -2.54. The monoisotopic (exact) mass is 227 g/mol. The Morgan fingerprint density at radius 1 is 1.19 bits per heavy atom. The molecule has 1 rings (SSSR count). The van der Waals surface area contributed by atoms with Crippen molar-refractivity contribution in [2.75, 3.05) is 13.7 Å². The molecule has 0 spiro atoms. The first-order valence-corrected chi connectivity index (χ1v) is 5.91. The molecule has 1 unspecified atom stereocenters. The lowest BCUT2D eigenvalue weighted by Crippen LogP contribution is -2.59. The largest absolute Gasteiger partial charge is 0.475 e. The first kappa shape index (κ1) is 13.5. The molecule has 1 atom stereocenters. The van der Waals surface area contributed by atoms with Crippen LogP contribution in [0.3, 0.4) is 0 Å². The summed E-state index contributed by atoms with van der Waals surface area (Å²) < 4.78 is 11.1. The van der Waals surface area contributed by atoms with Gasteiger partial charge in [-0.05, 0) is 27.2 Å². The van der Waals surface area contributed by atoms with Crippen molar-refractivity contribution in [3.8, 4) is 0 Å². The van der Waals surface area contributed by atoms with Gasteiger partial charge in [0.2, 0.25) is 0 Å². The Balaban J connectivity index is 3.09. The van der Waals surface area contributed by atoms with E-state index in [0.717, 1.165) is 18.9 Å². The van der Waals surface area contributed by atoms with Crippen molar-refractivity contribution in [2.45, 2.75) is 59.1 Å². The molecule has 0 aromatic rings. The van der Waals surface area contributed by atoms with Crippen molar-refractivity contribution in [3.63, 3.8) is 0 Å². The maximum Gasteiger partial charge on any atom is 0.181 e. The summed E-state index contributed by atoms with van der Waals surface area (Å²) in [6.45, 7) is 13.6. The minimum Gasteiger partial charge on any atom is -0.475 e. The Kier molecular flexibility index (Phi) is 3.39. The normalized spacial score (nSPS) is 31.8. The first-order chi connectivity index (χ1) is 7.16. The molecular formula is C13H25NO2. The second-order valence-corrected chi connectivity index (χ2v) is 5.88. The molecule has 3 nitrogen and oxygen atoms in total. The van der Waals surface area contributed by atoms with E-state index in [1.54, 1.807) is 7.11 Å². The second kappa shape index (κ2) is 4.02. The van der Waals surface area contributed by atoms with Crippen LogP contribution in [0.2, 0.25) is 0 Å². The van der Waals surface area contributed by atoms with Crippen LogP contribution in [0.4, 0.5) is 0 Å². The Morgan fingerprint density at radius 3 is 2.25 bits per heavy atom. The van der Waals surface area contributed by atoms with Crippen LogP contribution in [-0.2, 0) is 9.47 Å². The van der Waals surface area contributed by atoms with E-state index >= 15 is 0 Å². The minimum absolute atomic E-state index is 0.0297. The van der Waals surface area contributed by atoms with Crippen LogP contribution < -0.4 is 0 Å². The van der Waals surface area contributed by atoms with E-state index in [0.29, 0.717) is 0 Å². The molecule has 16 heavy (non-hydrogen) atoms. The topological polar surface area (TPSA) is 30.8 Å². The summed E-state index contributed by atoms with van der Waals surface area (Å²) in [5.74, 6) is 0.780. The zero-order valence-corrected chi connectivity index (χ0v) is 11.7. The highest BCUT2D eigenvalue weighted by molar-refractivity contribution is 5.75. The highest BCUT2D eigenvalue weighted by atomic mass is 16.5. The molecule has 1 aliphatic heterocycles. The molecule has 0 aromatic heterocycles. The predicted molar refractivity (Wildman–Crippen MR) is 67.0 cm³/mol. The standard InChI is InChI=1S/C13H25NO2/c1-10-14-13(6,8-9-15-7)11(2,3)12(4,5)16-10/h8-9H2,1-7H3. The molecule has 0 N–H and O–H groups in total. The van der Waals surface area contributed by atoms with Gasteiger partial charge in [0.1, 0.15) is 5.60 Å². The van der Waals surface area contributed by atoms with Crippen molar-refractivity contribution < 1.29 is 9.47 Å². The van der Waals surface area contributed by atoms with E-state index in [2.05, 4.69) is 34.6 Å². The summed E-state index contributed by atoms with van der Waals surface area (Å²) in [5, 5.41) is 0. The molecule has 0 saturated carbocycles. The maximum absolute atomic E-state index is 5.87. The lowest BCUT2D eigenvalue weighted by molar-refractivity contribution is -0.0885. The summed E-state index contributed by atoms with van der Waals surface area (Å²) in [7, 11) is 1.73. The molecule has 0 fully saturated rings. The third-order valence-corrected chi connectivity index (χ3v) is 4.45. The van der Waals surface area contributed by atoms with Gasteiger partial charge in [-0.3, -0.25) is 0 Å². The van der Waals surface area contributed by atoms with Crippen LogP contribution in [0.5, 0.6) is 0 Å². The van der Waals surface area contributed by atoms with E-state index in [4.69, 9.17) is 14.5 Å². The minimum atomic E-state index is -0.207. The van der Waals surface area contributed by atoms with Crippen LogP contribution >= 0.6 is 0 Å². The van der Waals surface area contributed by atoms with Gasteiger partial charge in [0.15, 0.2) is 5.90 Å². The molecular weight excluding hydrogens is 202 g/mol. The first-order valence-electron chi connectivity index (χ1n) is 5.91. The average Bonchev–Trinajstić information content (AvgIpc) is 2.11. The van der Waals surface area contributed by atoms with E-state index in [1.807, 2.05) is 6.92 Å². The molecule has 0 bridgehead atoms. The van der Waals surface area contributed by atoms with Crippen LogP contribution in [0, 0.1) is 5.41 Å². The van der Waals surface area contributed by atoms with Crippen molar-refractivity contribution in [2.24, 2.45) is 10.4 Å². The molecule has 94 valence electrons. The number of hydrogen-bond acceptors (Lipinski definition) is 3. The number of rotatable bonds is 3. The third-order valence-electron chi connectivity index (χ3n) is 4.45. The number of aliphatic imine (C=N–C) groups is 1.